The van der Waals surface area contributed by atoms with Gasteiger partial charge in [0.25, 0.3) is 11.4 Å². The Morgan fingerprint density at radius 3 is 2.94 bits per heavy atom. The van der Waals surface area contributed by atoms with Crippen molar-refractivity contribution in [3.8, 4) is 11.6 Å². The maximum absolute atomic E-state index is 11.4. The molecule has 0 atom stereocenters. The number of rotatable bonds is 5. The van der Waals surface area contributed by atoms with Crippen molar-refractivity contribution in [1.29, 1.82) is 0 Å². The molecule has 0 unspecified atom stereocenters. The normalized spacial score (nSPS) is 10.3. The van der Waals surface area contributed by atoms with Crippen LogP contribution in [0.25, 0.3) is 0 Å². The molecule has 0 saturated heterocycles. The molecule has 18 heavy (non-hydrogen) atoms. The minimum atomic E-state index is -0.350. The zero-order chi connectivity index (χ0) is 13.0. The SMILES string of the molecule is COc1c(OCCc2scnc2C)nc[nH]c1=O. The van der Waals surface area contributed by atoms with Crippen LogP contribution in [0.15, 0.2) is 16.6 Å². The molecule has 0 aliphatic carbocycles. The number of H-pyrrole nitrogens is 1. The van der Waals surface area contributed by atoms with Crippen LogP contribution in [0.1, 0.15) is 10.6 Å². The first-order valence-corrected chi connectivity index (χ1v) is 6.23. The number of ether oxygens (including phenoxy) is 2. The van der Waals surface area contributed by atoms with Gasteiger partial charge in [0.2, 0.25) is 5.75 Å². The molecule has 0 fully saturated rings. The average molecular weight is 267 g/mol. The number of hydrogen-bond donors (Lipinski definition) is 1. The largest absolute Gasteiger partial charge is 0.487 e. The van der Waals surface area contributed by atoms with Crippen molar-refractivity contribution in [1.82, 2.24) is 15.0 Å². The van der Waals surface area contributed by atoms with Crippen molar-refractivity contribution in [2.45, 2.75) is 13.3 Å². The van der Waals surface area contributed by atoms with Gasteiger partial charge in [-0.15, -0.1) is 11.3 Å². The molecule has 2 rings (SSSR count). The van der Waals surface area contributed by atoms with Crippen molar-refractivity contribution in [2.75, 3.05) is 13.7 Å². The van der Waals surface area contributed by atoms with Crippen molar-refractivity contribution in [3.05, 3.63) is 32.8 Å². The average Bonchev–Trinajstić information content (AvgIpc) is 2.75. The van der Waals surface area contributed by atoms with Crippen LogP contribution in [-0.2, 0) is 6.42 Å². The summed E-state index contributed by atoms with van der Waals surface area (Å²) in [7, 11) is 1.41. The van der Waals surface area contributed by atoms with E-state index in [2.05, 4.69) is 15.0 Å². The number of hydrogen-bond acceptors (Lipinski definition) is 6. The van der Waals surface area contributed by atoms with Gasteiger partial charge in [-0.1, -0.05) is 0 Å². The van der Waals surface area contributed by atoms with Crippen LogP contribution in [0.3, 0.4) is 0 Å². The van der Waals surface area contributed by atoms with E-state index in [4.69, 9.17) is 9.47 Å². The molecule has 7 heteroatoms. The minimum absolute atomic E-state index is 0.0959. The fourth-order valence-electron chi connectivity index (χ4n) is 1.46. The number of thiazole rings is 1. The van der Waals surface area contributed by atoms with Crippen LogP contribution in [0.5, 0.6) is 11.6 Å². The number of nitrogens with one attached hydrogen (secondary N) is 1. The first-order valence-electron chi connectivity index (χ1n) is 5.35. The maximum atomic E-state index is 11.4. The number of nitrogens with zero attached hydrogens (tertiary/aromatic N) is 2. The minimum Gasteiger partial charge on any atom is -0.487 e. The van der Waals surface area contributed by atoms with E-state index in [1.54, 1.807) is 16.8 Å². The van der Waals surface area contributed by atoms with Gasteiger partial charge in [-0.25, -0.2) is 9.97 Å². The lowest BCUT2D eigenvalue weighted by molar-refractivity contribution is 0.283. The standard InChI is InChI=1S/C11H13N3O3S/c1-7-8(18-6-14-7)3-4-17-11-9(16-2)10(15)12-5-13-11/h5-6H,3-4H2,1-2H3,(H,12,13,15). The number of methoxy groups -OCH3 is 1. The van der Waals surface area contributed by atoms with E-state index in [1.807, 2.05) is 6.92 Å². The lowest BCUT2D eigenvalue weighted by Gasteiger charge is -2.07. The van der Waals surface area contributed by atoms with Crippen molar-refractivity contribution >= 4 is 11.3 Å². The molecule has 2 aromatic rings. The number of aromatic amines is 1. The Bertz CT molecular complexity index is 579. The molecule has 0 aromatic carbocycles. The van der Waals surface area contributed by atoms with Crippen LogP contribution in [0, 0.1) is 6.92 Å². The Morgan fingerprint density at radius 1 is 1.44 bits per heavy atom. The summed E-state index contributed by atoms with van der Waals surface area (Å²) in [6.45, 7) is 2.38. The summed E-state index contributed by atoms with van der Waals surface area (Å²) >= 11 is 1.59. The fourth-order valence-corrected chi connectivity index (χ4v) is 2.22. The van der Waals surface area contributed by atoms with Crippen molar-refractivity contribution < 1.29 is 9.47 Å². The molecule has 2 heterocycles. The van der Waals surface area contributed by atoms with Gasteiger partial charge in [0.1, 0.15) is 0 Å². The Labute approximate surface area is 108 Å². The van der Waals surface area contributed by atoms with Crippen LogP contribution < -0.4 is 15.0 Å². The van der Waals surface area contributed by atoms with Crippen LogP contribution in [0.4, 0.5) is 0 Å². The molecule has 0 aliphatic rings. The second-order valence-corrected chi connectivity index (χ2v) is 4.47. The summed E-state index contributed by atoms with van der Waals surface area (Å²) < 4.78 is 10.4. The first kappa shape index (κ1) is 12.6. The first-order chi connectivity index (χ1) is 8.72. The van der Waals surface area contributed by atoms with Gasteiger partial charge in [-0.3, -0.25) is 4.79 Å². The van der Waals surface area contributed by atoms with Gasteiger partial charge < -0.3 is 14.5 Å². The molecule has 0 amide bonds. The highest BCUT2D eigenvalue weighted by molar-refractivity contribution is 7.09. The highest BCUT2D eigenvalue weighted by Crippen LogP contribution is 2.18. The maximum Gasteiger partial charge on any atom is 0.297 e. The van der Waals surface area contributed by atoms with E-state index >= 15 is 0 Å². The van der Waals surface area contributed by atoms with Gasteiger partial charge in [0.15, 0.2) is 0 Å². The van der Waals surface area contributed by atoms with E-state index in [1.165, 1.54) is 18.3 Å². The second kappa shape index (κ2) is 5.63. The molecule has 96 valence electrons. The summed E-state index contributed by atoms with van der Waals surface area (Å²) in [4.78, 5) is 23.1. The van der Waals surface area contributed by atoms with Gasteiger partial charge in [0.05, 0.1) is 31.2 Å². The highest BCUT2D eigenvalue weighted by Gasteiger charge is 2.10. The Kier molecular flexibility index (Phi) is 3.93. The molecule has 0 radical (unpaired) electrons. The van der Waals surface area contributed by atoms with Crippen molar-refractivity contribution in [2.24, 2.45) is 0 Å². The zero-order valence-corrected chi connectivity index (χ0v) is 10.9. The molecular weight excluding hydrogens is 254 g/mol. The molecule has 1 N–H and O–H groups in total. The van der Waals surface area contributed by atoms with Gasteiger partial charge in [-0.2, -0.15) is 0 Å². The summed E-state index contributed by atoms with van der Waals surface area (Å²) in [5.74, 6) is 0.307. The van der Waals surface area contributed by atoms with Gasteiger partial charge in [-0.05, 0) is 6.92 Å². The van der Waals surface area contributed by atoms with E-state index in [-0.39, 0.29) is 17.2 Å². The second-order valence-electron chi connectivity index (χ2n) is 3.53. The quantitative estimate of drug-likeness (QED) is 0.879. The zero-order valence-electron chi connectivity index (χ0n) is 10.1. The van der Waals surface area contributed by atoms with Gasteiger partial charge >= 0.3 is 0 Å². The summed E-state index contributed by atoms with van der Waals surface area (Å²) in [6.07, 6.45) is 2.02. The summed E-state index contributed by atoms with van der Waals surface area (Å²) in [5, 5.41) is 0. The Morgan fingerprint density at radius 2 is 2.28 bits per heavy atom. The molecule has 0 aliphatic heterocycles. The Hall–Kier alpha value is -1.89. The van der Waals surface area contributed by atoms with Crippen molar-refractivity contribution in [3.63, 3.8) is 0 Å². The molecule has 6 nitrogen and oxygen atoms in total. The van der Waals surface area contributed by atoms with E-state index in [0.29, 0.717) is 6.61 Å². The topological polar surface area (TPSA) is 77.1 Å². The third kappa shape index (κ3) is 2.67. The molecule has 0 bridgehead atoms. The number of aromatic nitrogens is 3. The Balaban J connectivity index is 2.01. The molecule has 0 saturated carbocycles. The summed E-state index contributed by atoms with van der Waals surface area (Å²) in [6, 6.07) is 0. The van der Waals surface area contributed by atoms with E-state index in [9.17, 15) is 4.79 Å². The van der Waals surface area contributed by atoms with Gasteiger partial charge in [0, 0.05) is 11.3 Å². The molecule has 2 aromatic heterocycles. The van der Waals surface area contributed by atoms with Crippen LogP contribution in [-0.4, -0.2) is 28.7 Å². The lowest BCUT2D eigenvalue weighted by atomic mass is 10.3. The van der Waals surface area contributed by atoms with Crippen LogP contribution >= 0.6 is 11.3 Å². The third-order valence-corrected chi connectivity index (χ3v) is 3.39. The molecular formula is C11H13N3O3S. The predicted octanol–water partition coefficient (Wildman–Crippen LogP) is 1.16. The van der Waals surface area contributed by atoms with E-state index < -0.39 is 0 Å². The number of aryl methyl sites for hydroxylation is 1. The predicted molar refractivity (Wildman–Crippen MR) is 67.5 cm³/mol. The lowest BCUT2D eigenvalue weighted by Crippen LogP contribution is -2.13. The third-order valence-electron chi connectivity index (χ3n) is 2.39. The highest BCUT2D eigenvalue weighted by atomic mass is 32.1. The smallest absolute Gasteiger partial charge is 0.297 e. The molecule has 0 spiro atoms. The van der Waals surface area contributed by atoms with E-state index in [0.717, 1.165) is 12.1 Å². The monoisotopic (exact) mass is 267 g/mol. The summed E-state index contributed by atoms with van der Waals surface area (Å²) in [5.41, 5.74) is 2.46. The van der Waals surface area contributed by atoms with Crippen LogP contribution in [0.2, 0.25) is 0 Å². The fraction of sp³-hybridized carbons (Fsp3) is 0.364.